The van der Waals surface area contributed by atoms with Gasteiger partial charge in [-0.2, -0.15) is 0 Å². The van der Waals surface area contributed by atoms with Crippen LogP contribution in [0.25, 0.3) is 0 Å². The van der Waals surface area contributed by atoms with Crippen LogP contribution in [0.3, 0.4) is 0 Å². The number of morpholine rings is 1. The number of pyridine rings is 1. The molecule has 168 valence electrons. The lowest BCUT2D eigenvalue weighted by Gasteiger charge is -2.29. The molecule has 1 saturated heterocycles. The Morgan fingerprint density at radius 3 is 2.58 bits per heavy atom. The average Bonchev–Trinajstić information content (AvgIpc) is 2.76. The van der Waals surface area contributed by atoms with Crippen molar-refractivity contribution in [2.45, 2.75) is 46.4 Å². The predicted octanol–water partition coefficient (Wildman–Crippen LogP) is 3.35. The summed E-state index contributed by atoms with van der Waals surface area (Å²) in [4.78, 5) is 11.7. The van der Waals surface area contributed by atoms with Crippen LogP contribution >= 0.6 is 0 Å². The Kier molecular flexibility index (Phi) is 8.12. The third kappa shape index (κ3) is 7.14. The van der Waals surface area contributed by atoms with Crippen LogP contribution in [0.5, 0.6) is 5.75 Å². The van der Waals surface area contributed by atoms with Gasteiger partial charge in [0.2, 0.25) is 0 Å². The van der Waals surface area contributed by atoms with Crippen LogP contribution in [0.4, 0.5) is 5.82 Å². The van der Waals surface area contributed by atoms with Gasteiger partial charge in [0.15, 0.2) is 5.96 Å². The van der Waals surface area contributed by atoms with Crippen LogP contribution in [0.2, 0.25) is 0 Å². The highest BCUT2D eigenvalue weighted by atomic mass is 16.5. The summed E-state index contributed by atoms with van der Waals surface area (Å²) < 4.78 is 11.6. The van der Waals surface area contributed by atoms with Crippen molar-refractivity contribution >= 4 is 11.8 Å². The van der Waals surface area contributed by atoms with Crippen LogP contribution in [0.15, 0.2) is 47.6 Å². The first-order chi connectivity index (χ1) is 15.0. The van der Waals surface area contributed by atoms with Crippen LogP contribution < -0.4 is 20.3 Å². The van der Waals surface area contributed by atoms with E-state index in [9.17, 15) is 0 Å². The minimum Gasteiger partial charge on any atom is -0.488 e. The standard InChI is InChI=1S/C24H35N5O2/c1-5-25-23(27-17-19-9-6-7-11-21(19)31-24(2,3)4)28-18-20-10-8-12-26-22(20)29-13-15-30-16-14-29/h6-12H,5,13-18H2,1-4H3,(H2,25,27,28). The molecule has 1 aliphatic heterocycles. The Balaban J connectivity index is 1.69. The number of guanidine groups is 1. The number of hydrogen-bond acceptors (Lipinski definition) is 5. The minimum atomic E-state index is -0.251. The summed E-state index contributed by atoms with van der Waals surface area (Å²) in [5.41, 5.74) is 1.95. The molecule has 0 spiro atoms. The summed E-state index contributed by atoms with van der Waals surface area (Å²) in [5.74, 6) is 2.65. The zero-order valence-corrected chi connectivity index (χ0v) is 19.1. The second-order valence-corrected chi connectivity index (χ2v) is 8.46. The number of hydrogen-bond donors (Lipinski definition) is 2. The van der Waals surface area contributed by atoms with E-state index in [0.29, 0.717) is 13.1 Å². The largest absolute Gasteiger partial charge is 0.488 e. The fourth-order valence-electron chi connectivity index (χ4n) is 3.38. The number of anilines is 1. The van der Waals surface area contributed by atoms with E-state index in [2.05, 4.69) is 60.3 Å². The van der Waals surface area contributed by atoms with Crippen molar-refractivity contribution in [3.05, 3.63) is 53.7 Å². The number of aliphatic imine (C=N–C) groups is 1. The normalized spacial score (nSPS) is 15.0. The Hall–Kier alpha value is -2.80. The maximum absolute atomic E-state index is 6.10. The van der Waals surface area contributed by atoms with E-state index in [4.69, 9.17) is 14.5 Å². The van der Waals surface area contributed by atoms with Crippen LogP contribution in [0.1, 0.15) is 38.8 Å². The van der Waals surface area contributed by atoms with Crippen molar-refractivity contribution in [2.24, 2.45) is 4.99 Å². The zero-order chi connectivity index (χ0) is 22.1. The first kappa shape index (κ1) is 22.9. The lowest BCUT2D eigenvalue weighted by Crippen LogP contribution is -2.39. The van der Waals surface area contributed by atoms with Crippen molar-refractivity contribution < 1.29 is 9.47 Å². The molecule has 7 heteroatoms. The van der Waals surface area contributed by atoms with Crippen LogP contribution in [-0.4, -0.2) is 49.4 Å². The number of rotatable bonds is 7. The molecule has 7 nitrogen and oxygen atoms in total. The smallest absolute Gasteiger partial charge is 0.191 e. The van der Waals surface area contributed by atoms with E-state index >= 15 is 0 Å². The SMILES string of the molecule is CCNC(=NCc1ccccc1OC(C)(C)C)NCc1cccnc1N1CCOCC1. The van der Waals surface area contributed by atoms with E-state index in [-0.39, 0.29) is 5.60 Å². The van der Waals surface area contributed by atoms with Gasteiger partial charge in [0.1, 0.15) is 17.2 Å². The van der Waals surface area contributed by atoms with Gasteiger partial charge in [0.25, 0.3) is 0 Å². The molecule has 1 aromatic heterocycles. The summed E-state index contributed by atoms with van der Waals surface area (Å²) in [6.07, 6.45) is 1.85. The van der Waals surface area contributed by atoms with Gasteiger partial charge >= 0.3 is 0 Å². The van der Waals surface area contributed by atoms with Crippen LogP contribution in [0, 0.1) is 0 Å². The van der Waals surface area contributed by atoms with Gasteiger partial charge in [-0.3, -0.25) is 0 Å². The number of aromatic nitrogens is 1. The molecule has 1 fully saturated rings. The summed E-state index contributed by atoms with van der Waals surface area (Å²) in [6.45, 7) is 13.4. The first-order valence-corrected chi connectivity index (χ1v) is 11.0. The lowest BCUT2D eigenvalue weighted by molar-refractivity contribution is 0.122. The van der Waals surface area contributed by atoms with E-state index in [1.165, 1.54) is 0 Å². The molecule has 3 rings (SSSR count). The molecular weight excluding hydrogens is 390 g/mol. The average molecular weight is 426 g/mol. The molecule has 0 atom stereocenters. The fourth-order valence-corrected chi connectivity index (χ4v) is 3.38. The van der Waals surface area contributed by atoms with E-state index in [1.54, 1.807) is 0 Å². The van der Waals surface area contributed by atoms with Gasteiger partial charge in [-0.25, -0.2) is 9.98 Å². The molecule has 1 aliphatic rings. The van der Waals surface area contributed by atoms with Gasteiger partial charge in [-0.1, -0.05) is 24.3 Å². The summed E-state index contributed by atoms with van der Waals surface area (Å²) in [6, 6.07) is 12.2. The minimum absolute atomic E-state index is 0.251. The number of nitrogens with one attached hydrogen (secondary N) is 2. The lowest BCUT2D eigenvalue weighted by atomic mass is 10.1. The van der Waals surface area contributed by atoms with Crippen molar-refractivity contribution in [3.8, 4) is 5.75 Å². The predicted molar refractivity (Wildman–Crippen MR) is 126 cm³/mol. The second-order valence-electron chi connectivity index (χ2n) is 8.46. The topological polar surface area (TPSA) is 71.0 Å². The van der Waals surface area contributed by atoms with Gasteiger partial charge in [-0.15, -0.1) is 0 Å². The third-order valence-corrected chi connectivity index (χ3v) is 4.76. The molecule has 31 heavy (non-hydrogen) atoms. The molecule has 0 radical (unpaired) electrons. The Bertz CT molecular complexity index is 857. The second kappa shape index (κ2) is 11.0. The van der Waals surface area contributed by atoms with Crippen molar-refractivity contribution in [2.75, 3.05) is 37.7 Å². The number of nitrogens with zero attached hydrogens (tertiary/aromatic N) is 3. The van der Waals surface area contributed by atoms with E-state index in [1.807, 2.05) is 30.5 Å². The zero-order valence-electron chi connectivity index (χ0n) is 19.1. The quantitative estimate of drug-likeness (QED) is 0.524. The monoisotopic (exact) mass is 425 g/mol. The van der Waals surface area contributed by atoms with Crippen molar-refractivity contribution in [3.63, 3.8) is 0 Å². The summed E-state index contributed by atoms with van der Waals surface area (Å²) in [7, 11) is 0. The third-order valence-electron chi connectivity index (χ3n) is 4.76. The van der Waals surface area contributed by atoms with Crippen molar-refractivity contribution in [1.82, 2.24) is 15.6 Å². The molecule has 0 saturated carbocycles. The maximum Gasteiger partial charge on any atom is 0.191 e. The van der Waals surface area contributed by atoms with Crippen molar-refractivity contribution in [1.29, 1.82) is 0 Å². The Labute approximate surface area is 185 Å². The first-order valence-electron chi connectivity index (χ1n) is 11.0. The molecule has 1 aromatic carbocycles. The fraction of sp³-hybridized carbons (Fsp3) is 0.500. The van der Waals surface area contributed by atoms with Gasteiger partial charge < -0.3 is 25.0 Å². The molecule has 0 amide bonds. The summed E-state index contributed by atoms with van der Waals surface area (Å²) in [5, 5.41) is 6.79. The molecule has 2 heterocycles. The number of ether oxygens (including phenoxy) is 2. The number of para-hydroxylation sites is 1. The highest BCUT2D eigenvalue weighted by Crippen LogP contribution is 2.23. The highest BCUT2D eigenvalue weighted by molar-refractivity contribution is 5.80. The molecule has 0 unspecified atom stereocenters. The number of benzene rings is 1. The maximum atomic E-state index is 6.10. The summed E-state index contributed by atoms with van der Waals surface area (Å²) >= 11 is 0. The molecule has 0 bridgehead atoms. The molecule has 2 aromatic rings. The van der Waals surface area contributed by atoms with E-state index < -0.39 is 0 Å². The van der Waals surface area contributed by atoms with Gasteiger partial charge in [0, 0.05) is 43.5 Å². The van der Waals surface area contributed by atoms with E-state index in [0.717, 1.165) is 61.5 Å². The molecular formula is C24H35N5O2. The van der Waals surface area contributed by atoms with Gasteiger partial charge in [0.05, 0.1) is 19.8 Å². The molecule has 2 N–H and O–H groups in total. The Morgan fingerprint density at radius 1 is 1.10 bits per heavy atom. The Morgan fingerprint density at radius 2 is 1.84 bits per heavy atom. The van der Waals surface area contributed by atoms with Crippen LogP contribution in [-0.2, 0) is 17.8 Å². The van der Waals surface area contributed by atoms with Gasteiger partial charge in [-0.05, 0) is 39.8 Å². The highest BCUT2D eigenvalue weighted by Gasteiger charge is 2.16. The molecule has 0 aliphatic carbocycles.